The second-order valence-electron chi connectivity index (χ2n) is 5.23. The number of methoxy groups -OCH3 is 1. The Balaban J connectivity index is 2.28. The Labute approximate surface area is 123 Å². The number of hydrogen-bond acceptors (Lipinski definition) is 3. The lowest BCUT2D eigenvalue weighted by Gasteiger charge is -2.09. The summed E-state index contributed by atoms with van der Waals surface area (Å²) in [5, 5.41) is 0. The fourth-order valence-corrected chi connectivity index (χ4v) is 2.24. The van der Waals surface area contributed by atoms with Gasteiger partial charge in [-0.25, -0.2) is 4.79 Å². The first-order chi connectivity index (χ1) is 10.0. The van der Waals surface area contributed by atoms with E-state index in [1.54, 1.807) is 21.5 Å². The average Bonchev–Trinajstić information content (AvgIpc) is 2.82. The summed E-state index contributed by atoms with van der Waals surface area (Å²) >= 11 is 0. The predicted octanol–water partition coefficient (Wildman–Crippen LogP) is 1.99. The third-order valence-electron chi connectivity index (χ3n) is 3.45. The summed E-state index contributed by atoms with van der Waals surface area (Å²) in [4.78, 5) is 23.7. The third kappa shape index (κ3) is 3.42. The molecule has 5 nitrogen and oxygen atoms in total. The molecular weight excluding hydrogens is 268 g/mol. The highest BCUT2D eigenvalue weighted by molar-refractivity contribution is 5.72. The Hall–Kier alpha value is -2.30. The van der Waals surface area contributed by atoms with E-state index < -0.39 is 0 Å². The molecule has 1 heterocycles. The van der Waals surface area contributed by atoms with Gasteiger partial charge in [0.15, 0.2) is 0 Å². The van der Waals surface area contributed by atoms with Crippen LogP contribution in [0.25, 0.3) is 0 Å². The number of aromatic nitrogens is 2. The van der Waals surface area contributed by atoms with Gasteiger partial charge in [0.05, 0.1) is 20.1 Å². The molecule has 0 fully saturated rings. The number of carbonyl (C=O) groups excluding carboxylic acids is 1. The zero-order valence-electron chi connectivity index (χ0n) is 12.6. The summed E-state index contributed by atoms with van der Waals surface area (Å²) in [5.41, 5.74) is 1.79. The van der Waals surface area contributed by atoms with Crippen molar-refractivity contribution < 1.29 is 9.53 Å². The van der Waals surface area contributed by atoms with Crippen molar-refractivity contribution in [2.45, 2.75) is 32.9 Å². The molecule has 0 N–H and O–H groups in total. The molecule has 1 aromatic heterocycles. The van der Waals surface area contributed by atoms with Gasteiger partial charge in [-0.15, -0.1) is 0 Å². The van der Waals surface area contributed by atoms with Crippen molar-refractivity contribution in [2.24, 2.45) is 0 Å². The molecule has 0 bridgehead atoms. The van der Waals surface area contributed by atoms with Gasteiger partial charge in [-0.05, 0) is 25.0 Å². The quantitative estimate of drug-likeness (QED) is 0.791. The number of imidazole rings is 1. The highest BCUT2D eigenvalue weighted by Gasteiger charge is 2.11. The second kappa shape index (κ2) is 6.43. The van der Waals surface area contributed by atoms with Gasteiger partial charge in [0.2, 0.25) is 0 Å². The Morgan fingerprint density at radius 2 is 1.86 bits per heavy atom. The normalized spacial score (nSPS) is 10.9. The van der Waals surface area contributed by atoms with E-state index in [9.17, 15) is 9.59 Å². The van der Waals surface area contributed by atoms with Crippen molar-refractivity contribution in [3.63, 3.8) is 0 Å². The zero-order chi connectivity index (χ0) is 15.4. The number of ether oxygens (including phenoxy) is 1. The molecule has 0 saturated carbocycles. The maximum atomic E-state index is 12.2. The fourth-order valence-electron chi connectivity index (χ4n) is 2.24. The van der Waals surface area contributed by atoms with Gasteiger partial charge in [0.1, 0.15) is 0 Å². The Morgan fingerprint density at radius 3 is 2.43 bits per heavy atom. The Kier molecular flexibility index (Phi) is 4.62. The maximum absolute atomic E-state index is 12.2. The van der Waals surface area contributed by atoms with Gasteiger partial charge in [0.25, 0.3) is 0 Å². The number of nitrogens with zero attached hydrogens (tertiary/aromatic N) is 2. The molecule has 0 aliphatic carbocycles. The first-order valence-electron chi connectivity index (χ1n) is 6.93. The van der Waals surface area contributed by atoms with Crippen LogP contribution in [0.5, 0.6) is 0 Å². The number of benzene rings is 1. The molecule has 1 aromatic carbocycles. The van der Waals surface area contributed by atoms with E-state index in [0.29, 0.717) is 6.54 Å². The van der Waals surface area contributed by atoms with Crippen LogP contribution >= 0.6 is 0 Å². The van der Waals surface area contributed by atoms with Crippen molar-refractivity contribution >= 4 is 5.97 Å². The lowest BCUT2D eigenvalue weighted by atomic mass is 10.0. The van der Waals surface area contributed by atoms with Crippen molar-refractivity contribution in [3.8, 4) is 0 Å². The van der Waals surface area contributed by atoms with Gasteiger partial charge in [-0.3, -0.25) is 13.9 Å². The monoisotopic (exact) mass is 288 g/mol. The van der Waals surface area contributed by atoms with Crippen molar-refractivity contribution in [3.05, 3.63) is 58.3 Å². The van der Waals surface area contributed by atoms with Crippen molar-refractivity contribution in [2.75, 3.05) is 7.11 Å². The van der Waals surface area contributed by atoms with Gasteiger partial charge in [0, 0.05) is 18.4 Å². The minimum atomic E-state index is -0.283. The van der Waals surface area contributed by atoms with E-state index in [1.807, 2.05) is 38.1 Å². The van der Waals surface area contributed by atoms with Crippen LogP contribution < -0.4 is 5.69 Å². The number of hydrogen-bond donors (Lipinski definition) is 0. The number of esters is 1. The minimum absolute atomic E-state index is 0.0436. The molecule has 0 unspecified atom stereocenters. The topological polar surface area (TPSA) is 53.2 Å². The summed E-state index contributed by atoms with van der Waals surface area (Å²) in [6.45, 7) is 4.39. The zero-order valence-corrected chi connectivity index (χ0v) is 12.6. The van der Waals surface area contributed by atoms with Crippen LogP contribution in [0.4, 0.5) is 0 Å². The highest BCUT2D eigenvalue weighted by Crippen LogP contribution is 2.12. The van der Waals surface area contributed by atoms with E-state index >= 15 is 0 Å². The molecule has 0 atom stereocenters. The van der Waals surface area contributed by atoms with Gasteiger partial charge < -0.3 is 4.74 Å². The standard InChI is InChI=1S/C16H20N2O3/c1-12(2)18-9-8-17(16(18)20)11-14-7-5-4-6-13(14)10-15(19)21-3/h4-9,12H,10-11H2,1-3H3. The van der Waals surface area contributed by atoms with Crippen LogP contribution in [0.3, 0.4) is 0 Å². The number of rotatable bonds is 5. The lowest BCUT2D eigenvalue weighted by Crippen LogP contribution is -2.26. The molecule has 0 aliphatic heterocycles. The number of carbonyl (C=O) groups is 1. The second-order valence-corrected chi connectivity index (χ2v) is 5.23. The van der Waals surface area contributed by atoms with E-state index in [-0.39, 0.29) is 24.1 Å². The van der Waals surface area contributed by atoms with Gasteiger partial charge in [-0.1, -0.05) is 24.3 Å². The average molecular weight is 288 g/mol. The van der Waals surface area contributed by atoms with E-state index in [0.717, 1.165) is 11.1 Å². The Morgan fingerprint density at radius 1 is 1.19 bits per heavy atom. The molecule has 0 radical (unpaired) electrons. The van der Waals surface area contributed by atoms with Gasteiger partial charge in [-0.2, -0.15) is 0 Å². The molecule has 2 rings (SSSR count). The summed E-state index contributed by atoms with van der Waals surface area (Å²) in [7, 11) is 1.37. The molecule has 0 saturated heterocycles. The molecule has 5 heteroatoms. The van der Waals surface area contributed by atoms with Crippen LogP contribution in [0.2, 0.25) is 0 Å². The minimum Gasteiger partial charge on any atom is -0.469 e. The van der Waals surface area contributed by atoms with Crippen LogP contribution in [0.1, 0.15) is 31.0 Å². The third-order valence-corrected chi connectivity index (χ3v) is 3.45. The summed E-state index contributed by atoms with van der Waals surface area (Å²) < 4.78 is 8.04. The summed E-state index contributed by atoms with van der Waals surface area (Å²) in [5.74, 6) is -0.283. The van der Waals surface area contributed by atoms with Crippen LogP contribution in [0, 0.1) is 0 Å². The molecule has 21 heavy (non-hydrogen) atoms. The van der Waals surface area contributed by atoms with E-state index in [4.69, 9.17) is 4.74 Å². The first kappa shape index (κ1) is 15.1. The molecule has 2 aromatic rings. The first-order valence-corrected chi connectivity index (χ1v) is 6.93. The van der Waals surface area contributed by atoms with Crippen molar-refractivity contribution in [1.82, 2.24) is 9.13 Å². The van der Waals surface area contributed by atoms with Crippen molar-refractivity contribution in [1.29, 1.82) is 0 Å². The Bertz CT molecular complexity index is 683. The SMILES string of the molecule is COC(=O)Cc1ccccc1Cn1ccn(C(C)C)c1=O. The molecule has 0 amide bonds. The maximum Gasteiger partial charge on any atom is 0.328 e. The fraction of sp³-hybridized carbons (Fsp3) is 0.375. The van der Waals surface area contributed by atoms with Gasteiger partial charge >= 0.3 is 11.7 Å². The largest absolute Gasteiger partial charge is 0.469 e. The lowest BCUT2D eigenvalue weighted by molar-refractivity contribution is -0.139. The molecule has 0 spiro atoms. The van der Waals surface area contributed by atoms with E-state index in [1.165, 1.54) is 7.11 Å². The van der Waals surface area contributed by atoms with Crippen LogP contribution in [-0.4, -0.2) is 22.2 Å². The molecule has 112 valence electrons. The predicted molar refractivity (Wildman–Crippen MR) is 80.3 cm³/mol. The highest BCUT2D eigenvalue weighted by atomic mass is 16.5. The molecule has 0 aliphatic rings. The summed E-state index contributed by atoms with van der Waals surface area (Å²) in [6, 6.07) is 7.72. The van der Waals surface area contributed by atoms with Crippen LogP contribution in [0.15, 0.2) is 41.5 Å². The van der Waals surface area contributed by atoms with Crippen LogP contribution in [-0.2, 0) is 22.5 Å². The van der Waals surface area contributed by atoms with E-state index in [2.05, 4.69) is 0 Å². The molecular formula is C16H20N2O3. The smallest absolute Gasteiger partial charge is 0.328 e. The summed E-state index contributed by atoms with van der Waals surface area (Å²) in [6.07, 6.45) is 3.78.